The normalized spacial score (nSPS) is 16.8. The summed E-state index contributed by atoms with van der Waals surface area (Å²) in [6.45, 7) is 19.8. The van der Waals surface area contributed by atoms with Gasteiger partial charge in [0.2, 0.25) is 0 Å². The van der Waals surface area contributed by atoms with E-state index in [-0.39, 0.29) is 22.6 Å². The quantitative estimate of drug-likeness (QED) is 0.140. The first kappa shape index (κ1) is 42.1. The maximum absolute atomic E-state index is 12.3. The van der Waals surface area contributed by atoms with Crippen LogP contribution in [0.1, 0.15) is 147 Å². The number of unbranched alkanes of at least 4 members (excludes halogenated alkanes) is 1. The fourth-order valence-corrected chi connectivity index (χ4v) is 7.51. The number of rotatable bonds is 17. The molecule has 0 spiro atoms. The van der Waals surface area contributed by atoms with Crippen LogP contribution in [0.4, 0.5) is 0 Å². The Kier molecular flexibility index (Phi) is 15.6. The molecule has 0 fully saturated rings. The van der Waals surface area contributed by atoms with Gasteiger partial charge in [0.25, 0.3) is 5.56 Å². The van der Waals surface area contributed by atoms with Gasteiger partial charge in [0.1, 0.15) is 22.9 Å². The van der Waals surface area contributed by atoms with Gasteiger partial charge in [-0.05, 0) is 108 Å². The third-order valence-electron chi connectivity index (χ3n) is 11.2. The predicted octanol–water partition coefficient (Wildman–Crippen LogP) is 9.03. The van der Waals surface area contributed by atoms with Crippen molar-refractivity contribution in [2.75, 3.05) is 0 Å². The summed E-state index contributed by atoms with van der Waals surface area (Å²) >= 11 is 0. The highest BCUT2D eigenvalue weighted by Gasteiger charge is 2.34. The van der Waals surface area contributed by atoms with Crippen LogP contribution in [0.25, 0.3) is 11.2 Å². The summed E-state index contributed by atoms with van der Waals surface area (Å²) in [5.41, 5.74) is 4.34. The number of ketones is 1. The van der Waals surface area contributed by atoms with Crippen molar-refractivity contribution in [2.24, 2.45) is 31.8 Å². The van der Waals surface area contributed by atoms with E-state index in [9.17, 15) is 19.5 Å². The van der Waals surface area contributed by atoms with E-state index in [0.29, 0.717) is 42.7 Å². The number of hydrogen-bond acceptors (Lipinski definition) is 6. The maximum atomic E-state index is 12.3. The van der Waals surface area contributed by atoms with Crippen molar-refractivity contribution in [2.45, 2.75) is 164 Å². The predicted molar refractivity (Wildman–Crippen MR) is 209 cm³/mol. The highest BCUT2D eigenvalue weighted by molar-refractivity contribution is 5.75. The van der Waals surface area contributed by atoms with Crippen LogP contribution < -0.4 is 16.0 Å². The summed E-state index contributed by atoms with van der Waals surface area (Å²) in [4.78, 5) is 39.4. The molecule has 0 aliphatic carbocycles. The number of hydrogen-bond donors (Lipinski definition) is 1. The number of aromatic nitrogens is 4. The molecule has 286 valence electrons. The van der Waals surface area contributed by atoms with Gasteiger partial charge < -0.3 is 19.2 Å². The average molecular weight is 709 g/mol. The molecule has 2 aromatic heterocycles. The van der Waals surface area contributed by atoms with E-state index < -0.39 is 0 Å². The zero-order valence-electron chi connectivity index (χ0n) is 33.8. The van der Waals surface area contributed by atoms with Gasteiger partial charge >= 0.3 is 5.69 Å². The first-order valence-electron chi connectivity index (χ1n) is 19.6. The van der Waals surface area contributed by atoms with Crippen molar-refractivity contribution in [3.8, 4) is 11.5 Å². The van der Waals surface area contributed by atoms with E-state index in [1.807, 2.05) is 13.8 Å². The van der Waals surface area contributed by atoms with Crippen LogP contribution in [0, 0.1) is 38.5 Å². The maximum Gasteiger partial charge on any atom is 0.332 e. The lowest BCUT2D eigenvalue weighted by atomic mass is 9.84. The molecule has 0 radical (unpaired) electrons. The molecule has 3 heterocycles. The van der Waals surface area contributed by atoms with E-state index in [0.717, 1.165) is 59.5 Å². The number of aryl methyl sites for hydroxylation is 2. The Morgan fingerprint density at radius 1 is 0.902 bits per heavy atom. The highest BCUT2D eigenvalue weighted by Crippen LogP contribution is 2.44. The van der Waals surface area contributed by atoms with Crippen LogP contribution in [-0.4, -0.2) is 35.2 Å². The number of phenols is 1. The lowest BCUT2D eigenvalue weighted by molar-refractivity contribution is -0.117. The molecule has 1 N–H and O–H groups in total. The number of ether oxygens (including phenoxy) is 1. The number of imidazole rings is 1. The Labute approximate surface area is 306 Å². The second kappa shape index (κ2) is 18.9. The van der Waals surface area contributed by atoms with E-state index in [4.69, 9.17) is 4.74 Å². The number of phenolic OH excluding ortho intramolecular Hbond substituents is 1. The van der Waals surface area contributed by atoms with Gasteiger partial charge in [-0.1, -0.05) is 72.6 Å². The van der Waals surface area contributed by atoms with Crippen LogP contribution in [0.3, 0.4) is 0 Å². The SMILES string of the molecule is CC(=O)CCCCn1c(=O)c2c(ncn2C)n(C)c1=O.Cc1c(C)c2c(c(C)c1O)CC[C@@](C)(CCC[C@H](C)CCC[C@H](C)CCCC(C)C)O2. The Morgan fingerprint density at radius 2 is 1.51 bits per heavy atom. The standard InChI is InChI=1S/C29H50O2.C13H18N4O3/c1-20(2)12-9-13-21(3)14-10-15-22(4)16-11-18-29(8)19-17-26-25(7)27(30)23(5)24(6)28(26)31-29;1-9(18)6-4-5-7-17-12(19)10-11(14-8-15(10)2)16(3)13(17)20/h20-22,30H,9-19H2,1-8H3;8H,4-7H2,1-3H3/t21-,22-,29-;/m1./s1. The summed E-state index contributed by atoms with van der Waals surface area (Å²) in [6, 6.07) is 0. The number of benzene rings is 1. The monoisotopic (exact) mass is 709 g/mol. The van der Waals surface area contributed by atoms with Crippen LogP contribution in [-0.2, 0) is 31.9 Å². The smallest absolute Gasteiger partial charge is 0.332 e. The van der Waals surface area contributed by atoms with Crippen LogP contribution in [0.15, 0.2) is 15.9 Å². The first-order chi connectivity index (χ1) is 24.0. The van der Waals surface area contributed by atoms with Gasteiger partial charge in [-0.15, -0.1) is 0 Å². The zero-order valence-corrected chi connectivity index (χ0v) is 33.8. The molecule has 1 aliphatic rings. The van der Waals surface area contributed by atoms with Crippen molar-refractivity contribution in [1.29, 1.82) is 0 Å². The Morgan fingerprint density at radius 3 is 2.12 bits per heavy atom. The molecule has 51 heavy (non-hydrogen) atoms. The fourth-order valence-electron chi connectivity index (χ4n) is 7.51. The largest absolute Gasteiger partial charge is 0.507 e. The summed E-state index contributed by atoms with van der Waals surface area (Å²) in [5, 5.41) is 10.4. The summed E-state index contributed by atoms with van der Waals surface area (Å²) in [5.74, 6) is 4.15. The van der Waals surface area contributed by atoms with Crippen LogP contribution >= 0.6 is 0 Å². The molecule has 0 saturated carbocycles. The van der Waals surface area contributed by atoms with Crippen molar-refractivity contribution in [3.63, 3.8) is 0 Å². The molecular weight excluding hydrogens is 640 g/mol. The minimum Gasteiger partial charge on any atom is -0.507 e. The second-order valence-electron chi connectivity index (χ2n) is 16.4. The number of nitrogens with zero attached hydrogens (tertiary/aromatic N) is 4. The molecule has 3 atom stereocenters. The van der Waals surface area contributed by atoms with E-state index >= 15 is 0 Å². The van der Waals surface area contributed by atoms with Gasteiger partial charge in [0, 0.05) is 32.6 Å². The van der Waals surface area contributed by atoms with Gasteiger partial charge in [-0.2, -0.15) is 0 Å². The van der Waals surface area contributed by atoms with Crippen molar-refractivity contribution >= 4 is 16.9 Å². The molecule has 0 unspecified atom stereocenters. The van der Waals surface area contributed by atoms with Crippen LogP contribution in [0.5, 0.6) is 11.5 Å². The molecule has 0 saturated heterocycles. The lowest BCUT2D eigenvalue weighted by Crippen LogP contribution is -2.39. The minimum absolute atomic E-state index is 0.0712. The third kappa shape index (κ3) is 11.3. The van der Waals surface area contributed by atoms with Crippen LogP contribution in [0.2, 0.25) is 0 Å². The van der Waals surface area contributed by atoms with Gasteiger partial charge in [-0.25, -0.2) is 9.78 Å². The first-order valence-corrected chi connectivity index (χ1v) is 19.6. The number of aromatic hydroxyl groups is 1. The zero-order chi connectivity index (χ0) is 38.0. The molecule has 4 rings (SSSR count). The van der Waals surface area contributed by atoms with E-state index in [1.165, 1.54) is 79.3 Å². The molecule has 9 nitrogen and oxygen atoms in total. The second-order valence-corrected chi connectivity index (χ2v) is 16.4. The molecule has 3 aromatic rings. The topological polar surface area (TPSA) is 108 Å². The molecule has 0 bridgehead atoms. The Bertz CT molecular complexity index is 1730. The molecule has 9 heteroatoms. The Hall–Kier alpha value is -3.36. The number of Topliss-reactive ketones (excluding diaryl/α,β-unsaturated/α-hetero) is 1. The van der Waals surface area contributed by atoms with Gasteiger partial charge in [0.05, 0.1) is 6.33 Å². The number of carbonyl (C=O) groups is 1. The lowest BCUT2D eigenvalue weighted by Gasteiger charge is -2.38. The summed E-state index contributed by atoms with van der Waals surface area (Å²) in [7, 11) is 3.32. The van der Waals surface area contributed by atoms with Gasteiger partial charge in [-0.3, -0.25) is 13.9 Å². The third-order valence-corrected chi connectivity index (χ3v) is 11.2. The van der Waals surface area contributed by atoms with Gasteiger partial charge in [0.15, 0.2) is 11.2 Å². The minimum atomic E-state index is -0.371. The summed E-state index contributed by atoms with van der Waals surface area (Å²) < 4.78 is 10.8. The summed E-state index contributed by atoms with van der Waals surface area (Å²) in [6.07, 6.45) is 17.3. The molecule has 1 aromatic carbocycles. The number of carbonyl (C=O) groups excluding carboxylic acids is 1. The molecule has 0 amide bonds. The van der Waals surface area contributed by atoms with Crippen molar-refractivity contribution < 1.29 is 14.6 Å². The van der Waals surface area contributed by atoms with E-state index in [2.05, 4.69) is 46.5 Å². The highest BCUT2D eigenvalue weighted by atomic mass is 16.5. The molecule has 1 aliphatic heterocycles. The number of fused-ring (bicyclic) bond motifs is 2. The van der Waals surface area contributed by atoms with E-state index in [1.54, 1.807) is 18.7 Å². The van der Waals surface area contributed by atoms with Crippen molar-refractivity contribution in [1.82, 2.24) is 18.7 Å². The average Bonchev–Trinajstić information content (AvgIpc) is 3.46. The molecular formula is C42H68N4O5. The fraction of sp³-hybridized carbons (Fsp3) is 0.714. The Balaban J connectivity index is 0.000000302. The van der Waals surface area contributed by atoms with Crippen molar-refractivity contribution in [3.05, 3.63) is 49.4 Å².